The zero-order valence-electron chi connectivity index (χ0n) is 11.8. The molecule has 0 aliphatic carbocycles. The number of benzene rings is 1. The number of nitrogens with zero attached hydrogens (tertiary/aromatic N) is 1. The summed E-state index contributed by atoms with van der Waals surface area (Å²) in [5.41, 5.74) is 0.0755. The maximum Gasteiger partial charge on any atom is 0.269 e. The van der Waals surface area contributed by atoms with Crippen LogP contribution in [0.25, 0.3) is 0 Å². The highest BCUT2D eigenvalue weighted by Gasteiger charge is 2.03. The van der Waals surface area contributed by atoms with Crippen molar-refractivity contribution in [2.24, 2.45) is 0 Å². The summed E-state index contributed by atoms with van der Waals surface area (Å²) in [7, 11) is 1.72. The minimum Gasteiger partial charge on any atom is -0.492 e. The quantitative estimate of drug-likeness (QED) is 0.383. The molecule has 0 amide bonds. The minimum atomic E-state index is -0.422. The molecule has 0 atom stereocenters. The highest BCUT2D eigenvalue weighted by Crippen LogP contribution is 2.16. The molecule has 0 fully saturated rings. The molecule has 0 saturated carbocycles. The van der Waals surface area contributed by atoms with E-state index in [-0.39, 0.29) is 5.69 Å². The Morgan fingerprint density at radius 1 is 1.10 bits per heavy atom. The van der Waals surface area contributed by atoms with Crippen LogP contribution in [-0.2, 0) is 4.74 Å². The summed E-state index contributed by atoms with van der Waals surface area (Å²) < 4.78 is 10.5. The van der Waals surface area contributed by atoms with Gasteiger partial charge in [-0.3, -0.25) is 10.1 Å². The number of unbranched alkanes of at least 4 members (excludes halogenated alkanes) is 2. The number of rotatable bonds is 11. The molecule has 0 bridgehead atoms. The Bertz CT molecular complexity index is 381. The maximum absolute atomic E-state index is 10.5. The van der Waals surface area contributed by atoms with Crippen LogP contribution >= 0.6 is 0 Å². The van der Waals surface area contributed by atoms with E-state index in [2.05, 4.69) is 5.32 Å². The third-order valence-corrected chi connectivity index (χ3v) is 2.80. The van der Waals surface area contributed by atoms with Crippen LogP contribution in [0.1, 0.15) is 19.3 Å². The summed E-state index contributed by atoms with van der Waals surface area (Å²) in [5.74, 6) is 0.650. The molecule has 0 radical (unpaired) electrons. The van der Waals surface area contributed by atoms with Crippen molar-refractivity contribution in [1.82, 2.24) is 5.32 Å². The lowest BCUT2D eigenvalue weighted by Crippen LogP contribution is -2.22. The molecule has 20 heavy (non-hydrogen) atoms. The van der Waals surface area contributed by atoms with E-state index in [4.69, 9.17) is 9.47 Å². The summed E-state index contributed by atoms with van der Waals surface area (Å²) in [5, 5.41) is 13.8. The van der Waals surface area contributed by atoms with Crippen LogP contribution in [0.4, 0.5) is 5.69 Å². The lowest BCUT2D eigenvalue weighted by Gasteiger charge is -2.07. The predicted octanol–water partition coefficient (Wildman–Crippen LogP) is 2.38. The van der Waals surface area contributed by atoms with E-state index in [1.165, 1.54) is 12.1 Å². The van der Waals surface area contributed by atoms with E-state index in [9.17, 15) is 10.1 Å². The Morgan fingerprint density at radius 2 is 1.85 bits per heavy atom. The minimum absolute atomic E-state index is 0.0755. The second-order valence-electron chi connectivity index (χ2n) is 4.40. The monoisotopic (exact) mass is 282 g/mol. The predicted molar refractivity (Wildman–Crippen MR) is 77.2 cm³/mol. The molecule has 1 rings (SSSR count). The van der Waals surface area contributed by atoms with Gasteiger partial charge in [-0.25, -0.2) is 0 Å². The molecule has 0 unspecified atom stereocenters. The Morgan fingerprint density at radius 3 is 2.50 bits per heavy atom. The number of ether oxygens (including phenoxy) is 2. The standard InChI is InChI=1S/C14H22N2O4/c1-19-11-4-2-3-9-15-10-12-20-14-7-5-13(6-8-14)16(17)18/h5-8,15H,2-4,9-12H2,1H3. The van der Waals surface area contributed by atoms with E-state index >= 15 is 0 Å². The van der Waals surface area contributed by atoms with Gasteiger partial charge < -0.3 is 14.8 Å². The zero-order valence-corrected chi connectivity index (χ0v) is 11.8. The topological polar surface area (TPSA) is 73.6 Å². The van der Waals surface area contributed by atoms with Gasteiger partial charge in [0.1, 0.15) is 12.4 Å². The van der Waals surface area contributed by atoms with Crippen LogP contribution in [0.5, 0.6) is 5.75 Å². The van der Waals surface area contributed by atoms with Crippen molar-refractivity contribution in [3.63, 3.8) is 0 Å². The van der Waals surface area contributed by atoms with Crippen molar-refractivity contribution in [2.75, 3.05) is 33.4 Å². The van der Waals surface area contributed by atoms with Gasteiger partial charge in [0.2, 0.25) is 0 Å². The van der Waals surface area contributed by atoms with Gasteiger partial charge in [-0.2, -0.15) is 0 Å². The second kappa shape index (κ2) is 10.2. The average molecular weight is 282 g/mol. The molecule has 0 heterocycles. The number of non-ortho nitro benzene ring substituents is 1. The molecule has 6 nitrogen and oxygen atoms in total. The van der Waals surface area contributed by atoms with E-state index in [1.807, 2.05) is 0 Å². The Hall–Kier alpha value is -1.66. The SMILES string of the molecule is COCCCCCNCCOc1ccc([N+](=O)[O-])cc1. The number of nitro groups is 1. The van der Waals surface area contributed by atoms with Crippen LogP contribution in [0.15, 0.2) is 24.3 Å². The van der Waals surface area contributed by atoms with Crippen LogP contribution in [0.3, 0.4) is 0 Å². The molecular weight excluding hydrogens is 260 g/mol. The highest BCUT2D eigenvalue weighted by atomic mass is 16.6. The van der Waals surface area contributed by atoms with E-state index in [1.54, 1.807) is 19.2 Å². The molecule has 0 saturated heterocycles. The van der Waals surface area contributed by atoms with Gasteiger partial charge in [0, 0.05) is 32.4 Å². The third kappa shape index (κ3) is 7.06. The Labute approximate surface area is 119 Å². The van der Waals surface area contributed by atoms with E-state index in [0.29, 0.717) is 12.4 Å². The van der Waals surface area contributed by atoms with Crippen LogP contribution in [0, 0.1) is 10.1 Å². The molecule has 0 aromatic heterocycles. The second-order valence-corrected chi connectivity index (χ2v) is 4.40. The molecule has 1 aromatic carbocycles. The van der Waals surface area contributed by atoms with E-state index in [0.717, 1.165) is 39.0 Å². The molecule has 1 N–H and O–H groups in total. The van der Waals surface area contributed by atoms with Crippen molar-refractivity contribution in [3.8, 4) is 5.75 Å². The van der Waals surface area contributed by atoms with Crippen molar-refractivity contribution in [1.29, 1.82) is 0 Å². The smallest absolute Gasteiger partial charge is 0.269 e. The van der Waals surface area contributed by atoms with Crippen molar-refractivity contribution < 1.29 is 14.4 Å². The van der Waals surface area contributed by atoms with Gasteiger partial charge in [-0.15, -0.1) is 0 Å². The van der Waals surface area contributed by atoms with Gasteiger partial charge in [-0.1, -0.05) is 0 Å². The number of nitrogens with one attached hydrogen (secondary N) is 1. The van der Waals surface area contributed by atoms with Crippen molar-refractivity contribution in [3.05, 3.63) is 34.4 Å². The highest BCUT2D eigenvalue weighted by molar-refractivity contribution is 5.35. The number of methoxy groups -OCH3 is 1. The Balaban J connectivity index is 2.02. The average Bonchev–Trinajstić information content (AvgIpc) is 2.46. The lowest BCUT2D eigenvalue weighted by molar-refractivity contribution is -0.384. The first-order valence-electron chi connectivity index (χ1n) is 6.81. The molecule has 0 spiro atoms. The lowest BCUT2D eigenvalue weighted by atomic mass is 10.2. The van der Waals surface area contributed by atoms with Crippen LogP contribution < -0.4 is 10.1 Å². The summed E-state index contributed by atoms with van der Waals surface area (Å²) in [6, 6.07) is 6.11. The van der Waals surface area contributed by atoms with Gasteiger partial charge in [0.25, 0.3) is 5.69 Å². The molecule has 112 valence electrons. The largest absolute Gasteiger partial charge is 0.492 e. The molecule has 0 aliphatic rings. The molecule has 1 aromatic rings. The van der Waals surface area contributed by atoms with Crippen LogP contribution in [0.2, 0.25) is 0 Å². The first-order valence-corrected chi connectivity index (χ1v) is 6.81. The third-order valence-electron chi connectivity index (χ3n) is 2.80. The first-order chi connectivity index (χ1) is 9.74. The number of nitro benzene ring substituents is 1. The van der Waals surface area contributed by atoms with Gasteiger partial charge in [0.05, 0.1) is 4.92 Å². The molecule has 6 heteroatoms. The van der Waals surface area contributed by atoms with Gasteiger partial charge in [-0.05, 0) is 37.9 Å². The van der Waals surface area contributed by atoms with Gasteiger partial charge >= 0.3 is 0 Å². The summed E-state index contributed by atoms with van der Waals surface area (Å²) in [6.45, 7) is 3.10. The summed E-state index contributed by atoms with van der Waals surface area (Å²) >= 11 is 0. The number of hydrogen-bond acceptors (Lipinski definition) is 5. The van der Waals surface area contributed by atoms with Crippen LogP contribution in [-0.4, -0.2) is 38.3 Å². The fourth-order valence-electron chi connectivity index (χ4n) is 1.70. The fourth-order valence-corrected chi connectivity index (χ4v) is 1.70. The molecule has 0 aliphatic heterocycles. The normalized spacial score (nSPS) is 10.4. The maximum atomic E-state index is 10.5. The molecular formula is C14H22N2O4. The Kier molecular flexibility index (Phi) is 8.33. The van der Waals surface area contributed by atoms with Crippen molar-refractivity contribution >= 4 is 5.69 Å². The first kappa shape index (κ1) is 16.4. The fraction of sp³-hybridized carbons (Fsp3) is 0.571. The zero-order chi connectivity index (χ0) is 14.6. The summed E-state index contributed by atoms with van der Waals surface area (Å²) in [6.07, 6.45) is 3.38. The van der Waals surface area contributed by atoms with E-state index < -0.39 is 4.92 Å². The van der Waals surface area contributed by atoms with Gasteiger partial charge in [0.15, 0.2) is 0 Å². The number of hydrogen-bond donors (Lipinski definition) is 1. The summed E-state index contributed by atoms with van der Waals surface area (Å²) in [4.78, 5) is 10.1. The van der Waals surface area contributed by atoms with Crippen molar-refractivity contribution in [2.45, 2.75) is 19.3 Å².